The number of fused-ring (bicyclic) bond motifs is 1. The predicted octanol–water partition coefficient (Wildman–Crippen LogP) is 3.52. The normalized spacial score (nSPS) is 12.1. The smallest absolute Gasteiger partial charge is 0.258 e. The molecule has 2 heterocycles. The third-order valence-corrected chi connectivity index (χ3v) is 4.52. The lowest BCUT2D eigenvalue weighted by molar-refractivity contribution is 0.168. The van der Waals surface area contributed by atoms with Crippen molar-refractivity contribution in [2.45, 2.75) is 0 Å². The zero-order valence-corrected chi connectivity index (χ0v) is 15.9. The number of halogens is 1. The summed E-state index contributed by atoms with van der Waals surface area (Å²) >= 11 is 6.51. The molecular weight excluding hydrogens is 392 g/mol. The maximum Gasteiger partial charge on any atom is 0.258 e. The van der Waals surface area contributed by atoms with Crippen molar-refractivity contribution in [2.24, 2.45) is 0 Å². The van der Waals surface area contributed by atoms with Gasteiger partial charge in [0.05, 0.1) is 26.9 Å². The molecule has 1 N–H and O–H groups in total. The molecule has 0 amide bonds. The fraction of sp³-hybridized carbons (Fsp3) is 0.222. The van der Waals surface area contributed by atoms with Crippen LogP contribution in [0.3, 0.4) is 0 Å². The van der Waals surface area contributed by atoms with Crippen LogP contribution in [-0.4, -0.2) is 43.4 Å². The van der Waals surface area contributed by atoms with E-state index in [4.69, 9.17) is 39.8 Å². The number of phenolic OH excluding ortho intramolecular Hbond substituents is 1. The van der Waals surface area contributed by atoms with Gasteiger partial charge in [0.1, 0.15) is 5.02 Å². The number of methoxy groups -OCH3 is 3. The van der Waals surface area contributed by atoms with Crippen molar-refractivity contribution in [3.63, 3.8) is 0 Å². The minimum absolute atomic E-state index is 0.00442. The summed E-state index contributed by atoms with van der Waals surface area (Å²) in [6.07, 6.45) is 0. The van der Waals surface area contributed by atoms with Gasteiger partial charge < -0.3 is 33.3 Å². The molecule has 146 valence electrons. The quantitative estimate of drug-likeness (QED) is 0.681. The largest absolute Gasteiger partial charge is 0.504 e. The van der Waals surface area contributed by atoms with E-state index < -0.39 is 0 Å². The second-order valence-electron chi connectivity index (χ2n) is 5.63. The number of nitrogens with zero attached hydrogens (tertiary/aromatic N) is 2. The van der Waals surface area contributed by atoms with Crippen molar-refractivity contribution in [1.29, 1.82) is 0 Å². The lowest BCUT2D eigenvalue weighted by Gasteiger charge is -2.14. The third-order valence-electron chi connectivity index (χ3n) is 4.15. The van der Waals surface area contributed by atoms with Crippen LogP contribution in [-0.2, 0) is 0 Å². The Kier molecular flexibility index (Phi) is 4.52. The van der Waals surface area contributed by atoms with Gasteiger partial charge >= 0.3 is 0 Å². The molecule has 3 aromatic rings. The van der Waals surface area contributed by atoms with E-state index in [0.29, 0.717) is 34.1 Å². The molecule has 9 nitrogen and oxygen atoms in total. The topological polar surface area (TPSA) is 105 Å². The summed E-state index contributed by atoms with van der Waals surface area (Å²) in [6, 6.07) is 4.72. The summed E-state index contributed by atoms with van der Waals surface area (Å²) in [4.78, 5) is 4.37. The molecule has 2 aromatic carbocycles. The number of hydrogen-bond acceptors (Lipinski definition) is 9. The monoisotopic (exact) mass is 406 g/mol. The first-order valence-corrected chi connectivity index (χ1v) is 8.41. The van der Waals surface area contributed by atoms with E-state index in [1.807, 2.05) is 0 Å². The van der Waals surface area contributed by atoms with Gasteiger partial charge in [-0.05, 0) is 18.2 Å². The van der Waals surface area contributed by atoms with Crippen LogP contribution in [0, 0.1) is 0 Å². The third kappa shape index (κ3) is 2.71. The molecule has 0 atom stereocenters. The molecule has 0 radical (unpaired) electrons. The zero-order chi connectivity index (χ0) is 19.8. The summed E-state index contributed by atoms with van der Waals surface area (Å²) < 4.78 is 32.1. The number of aromatic hydroxyl groups is 1. The Morgan fingerprint density at radius 3 is 2.39 bits per heavy atom. The van der Waals surface area contributed by atoms with Gasteiger partial charge in [0.15, 0.2) is 23.0 Å². The second kappa shape index (κ2) is 7.01. The Bertz CT molecular complexity index is 1050. The first-order chi connectivity index (χ1) is 13.6. The van der Waals surface area contributed by atoms with Crippen LogP contribution < -0.4 is 23.7 Å². The predicted molar refractivity (Wildman–Crippen MR) is 97.6 cm³/mol. The van der Waals surface area contributed by atoms with E-state index in [0.717, 1.165) is 0 Å². The van der Waals surface area contributed by atoms with E-state index >= 15 is 0 Å². The van der Waals surface area contributed by atoms with Gasteiger partial charge in [0, 0.05) is 5.56 Å². The molecule has 0 saturated carbocycles. The molecule has 0 fully saturated rings. The molecule has 10 heteroatoms. The maximum absolute atomic E-state index is 9.97. The van der Waals surface area contributed by atoms with Crippen LogP contribution >= 0.6 is 11.6 Å². The van der Waals surface area contributed by atoms with Gasteiger partial charge in [-0.25, -0.2) is 0 Å². The van der Waals surface area contributed by atoms with E-state index in [1.54, 1.807) is 12.1 Å². The number of aromatic nitrogens is 2. The highest BCUT2D eigenvalue weighted by Crippen LogP contribution is 2.56. The van der Waals surface area contributed by atoms with Crippen molar-refractivity contribution in [3.8, 4) is 57.3 Å². The Morgan fingerprint density at radius 2 is 1.75 bits per heavy atom. The van der Waals surface area contributed by atoms with Crippen molar-refractivity contribution < 1.29 is 33.3 Å². The van der Waals surface area contributed by atoms with E-state index in [1.165, 1.54) is 27.4 Å². The van der Waals surface area contributed by atoms with Crippen LogP contribution in [0.1, 0.15) is 0 Å². The average Bonchev–Trinajstić information content (AvgIpc) is 3.36. The fourth-order valence-electron chi connectivity index (χ4n) is 2.88. The molecule has 0 bridgehead atoms. The minimum atomic E-state index is -0.0555. The fourth-order valence-corrected chi connectivity index (χ4v) is 3.22. The molecule has 1 aliphatic heterocycles. The Labute approximate surface area is 164 Å². The van der Waals surface area contributed by atoms with Crippen molar-refractivity contribution in [2.75, 3.05) is 28.1 Å². The van der Waals surface area contributed by atoms with Gasteiger partial charge in [0.2, 0.25) is 24.1 Å². The van der Waals surface area contributed by atoms with Crippen molar-refractivity contribution in [3.05, 3.63) is 23.2 Å². The molecule has 0 spiro atoms. The van der Waals surface area contributed by atoms with Crippen LogP contribution in [0.15, 0.2) is 22.7 Å². The second-order valence-corrected chi connectivity index (χ2v) is 6.01. The minimum Gasteiger partial charge on any atom is -0.504 e. The molecule has 0 unspecified atom stereocenters. The Morgan fingerprint density at radius 1 is 1.04 bits per heavy atom. The zero-order valence-electron chi connectivity index (χ0n) is 15.1. The molecule has 4 rings (SSSR count). The van der Waals surface area contributed by atoms with E-state index in [-0.39, 0.29) is 35.0 Å². The molecule has 0 saturated heterocycles. The molecule has 28 heavy (non-hydrogen) atoms. The van der Waals surface area contributed by atoms with Crippen molar-refractivity contribution >= 4 is 11.6 Å². The Hall–Kier alpha value is -3.33. The number of phenols is 1. The SMILES string of the molecule is COc1ccc(-c2nc(-c3c(Cl)c(OC)c4c(c3OC)OCO4)no2)cc1O. The van der Waals surface area contributed by atoms with E-state index in [2.05, 4.69) is 10.1 Å². The average molecular weight is 407 g/mol. The lowest BCUT2D eigenvalue weighted by atomic mass is 10.1. The van der Waals surface area contributed by atoms with Gasteiger partial charge in [-0.3, -0.25) is 0 Å². The molecule has 0 aliphatic carbocycles. The number of benzene rings is 2. The van der Waals surface area contributed by atoms with Crippen LogP contribution in [0.25, 0.3) is 22.8 Å². The van der Waals surface area contributed by atoms with Crippen LogP contribution in [0.4, 0.5) is 0 Å². The number of rotatable bonds is 5. The highest BCUT2D eigenvalue weighted by molar-refractivity contribution is 6.35. The highest BCUT2D eigenvalue weighted by atomic mass is 35.5. The molecule has 1 aromatic heterocycles. The standard InChI is InChI=1S/C18H15ClN2O7/c1-23-10-5-4-8(6-9(10)22)18-20-17(21-28-18)11-12(19)14(25-3)16-15(13(11)24-2)26-7-27-16/h4-6,22H,7H2,1-3H3. The van der Waals surface area contributed by atoms with Crippen LogP contribution in [0.2, 0.25) is 5.02 Å². The first kappa shape index (κ1) is 18.1. The molecular formula is C18H15ClN2O7. The van der Waals surface area contributed by atoms with Gasteiger partial charge in [-0.1, -0.05) is 16.8 Å². The summed E-state index contributed by atoms with van der Waals surface area (Å²) in [7, 11) is 4.38. The van der Waals surface area contributed by atoms with Gasteiger partial charge in [-0.15, -0.1) is 0 Å². The lowest BCUT2D eigenvalue weighted by Crippen LogP contribution is -1.96. The van der Waals surface area contributed by atoms with Crippen molar-refractivity contribution in [1.82, 2.24) is 10.1 Å². The highest BCUT2D eigenvalue weighted by Gasteiger charge is 2.33. The van der Waals surface area contributed by atoms with Gasteiger partial charge in [0.25, 0.3) is 5.89 Å². The summed E-state index contributed by atoms with van der Waals surface area (Å²) in [5.41, 5.74) is 0.831. The summed E-state index contributed by atoms with van der Waals surface area (Å²) in [5.74, 6) is 1.85. The van der Waals surface area contributed by atoms with E-state index in [9.17, 15) is 5.11 Å². The Balaban J connectivity index is 1.84. The summed E-state index contributed by atoms with van der Waals surface area (Å²) in [6.45, 7) is 0.00442. The van der Waals surface area contributed by atoms with Crippen LogP contribution in [0.5, 0.6) is 34.5 Å². The number of ether oxygens (including phenoxy) is 5. The summed E-state index contributed by atoms with van der Waals surface area (Å²) in [5, 5.41) is 14.2. The maximum atomic E-state index is 9.97. The number of hydrogen-bond donors (Lipinski definition) is 1. The first-order valence-electron chi connectivity index (χ1n) is 8.03. The molecule has 1 aliphatic rings. The van der Waals surface area contributed by atoms with Gasteiger partial charge in [-0.2, -0.15) is 4.98 Å².